The van der Waals surface area contributed by atoms with Crippen LogP contribution in [-0.4, -0.2) is 21.4 Å². The molecule has 0 radical (unpaired) electrons. The average Bonchev–Trinajstić information content (AvgIpc) is 3.14. The molecular weight excluding hydrogens is 479 g/mol. The number of aryl methyl sites for hydroxylation is 2. The van der Waals surface area contributed by atoms with Gasteiger partial charge in [-0.15, -0.1) is 0 Å². The third-order valence-corrected chi connectivity index (χ3v) is 5.55. The van der Waals surface area contributed by atoms with Gasteiger partial charge >= 0.3 is 0 Å². The van der Waals surface area contributed by atoms with Gasteiger partial charge in [-0.1, -0.05) is 17.7 Å². The van der Waals surface area contributed by atoms with Crippen LogP contribution in [0, 0.1) is 17.4 Å². The molecule has 0 atom stereocenters. The van der Waals surface area contributed by atoms with E-state index in [0.29, 0.717) is 28.2 Å². The smallest absolute Gasteiger partial charge is 0.280 e. The summed E-state index contributed by atoms with van der Waals surface area (Å²) >= 11 is 2.21. The van der Waals surface area contributed by atoms with Crippen LogP contribution in [-0.2, 0) is 4.79 Å². The molecule has 0 unspecified atom stereocenters. The summed E-state index contributed by atoms with van der Waals surface area (Å²) in [6.07, 6.45) is 1.63. The SMILES string of the molecule is CC1=NN(c2ccc(I)cc2)C(=O)/C1=C\c1c(C)[nH]n(-c2ccc(C)cc2)c1=O. The maximum absolute atomic E-state index is 13.0. The van der Waals surface area contributed by atoms with Gasteiger partial charge in [0.15, 0.2) is 0 Å². The van der Waals surface area contributed by atoms with Gasteiger partial charge in [0.25, 0.3) is 11.5 Å². The second-order valence-corrected chi connectivity index (χ2v) is 8.21. The van der Waals surface area contributed by atoms with E-state index in [1.54, 1.807) is 13.0 Å². The van der Waals surface area contributed by atoms with Crippen molar-refractivity contribution in [2.24, 2.45) is 5.10 Å². The predicted octanol–water partition coefficient (Wildman–Crippen LogP) is 4.19. The molecule has 0 spiro atoms. The van der Waals surface area contributed by atoms with Gasteiger partial charge in [0.2, 0.25) is 0 Å². The minimum atomic E-state index is -0.245. The van der Waals surface area contributed by atoms with E-state index in [-0.39, 0.29) is 11.5 Å². The van der Waals surface area contributed by atoms with Crippen molar-refractivity contribution in [2.75, 3.05) is 5.01 Å². The third-order valence-electron chi connectivity index (χ3n) is 4.83. The first-order chi connectivity index (χ1) is 13.8. The number of hydrogen-bond donors (Lipinski definition) is 1. The van der Waals surface area contributed by atoms with Crippen LogP contribution in [0.5, 0.6) is 0 Å². The molecule has 7 heteroatoms. The van der Waals surface area contributed by atoms with Crippen LogP contribution in [0.15, 0.2) is 64.0 Å². The monoisotopic (exact) mass is 498 g/mol. The van der Waals surface area contributed by atoms with E-state index in [1.165, 1.54) is 9.69 Å². The van der Waals surface area contributed by atoms with Crippen LogP contribution >= 0.6 is 22.6 Å². The molecule has 0 saturated heterocycles. The number of nitrogens with one attached hydrogen (secondary N) is 1. The number of aromatic amines is 1. The van der Waals surface area contributed by atoms with E-state index >= 15 is 0 Å². The second kappa shape index (κ2) is 7.47. The number of rotatable bonds is 3. The van der Waals surface area contributed by atoms with E-state index < -0.39 is 0 Å². The molecule has 2 heterocycles. The Bertz CT molecular complexity index is 1220. The number of anilines is 1. The van der Waals surface area contributed by atoms with Crippen molar-refractivity contribution in [1.82, 2.24) is 9.78 Å². The van der Waals surface area contributed by atoms with Crippen LogP contribution in [0.3, 0.4) is 0 Å². The lowest BCUT2D eigenvalue weighted by Gasteiger charge is -2.11. The Morgan fingerprint density at radius 1 is 0.931 bits per heavy atom. The van der Waals surface area contributed by atoms with Crippen molar-refractivity contribution in [3.63, 3.8) is 0 Å². The number of aromatic nitrogens is 2. The fourth-order valence-electron chi connectivity index (χ4n) is 3.19. The Labute approximate surface area is 181 Å². The van der Waals surface area contributed by atoms with Crippen molar-refractivity contribution in [3.8, 4) is 5.69 Å². The highest BCUT2D eigenvalue weighted by molar-refractivity contribution is 14.1. The summed E-state index contributed by atoms with van der Waals surface area (Å²) in [5.74, 6) is -0.245. The van der Waals surface area contributed by atoms with Gasteiger partial charge in [-0.2, -0.15) is 10.1 Å². The molecule has 1 N–H and O–H groups in total. The Balaban J connectivity index is 1.72. The number of carbonyl (C=O) groups is 1. The minimum Gasteiger partial charge on any atom is -0.295 e. The minimum absolute atomic E-state index is 0.202. The third kappa shape index (κ3) is 3.57. The molecule has 1 amide bonds. The summed E-state index contributed by atoms with van der Waals surface area (Å²) in [6, 6.07) is 15.2. The second-order valence-electron chi connectivity index (χ2n) is 6.96. The normalized spacial score (nSPS) is 15.3. The molecule has 3 aromatic rings. The lowest BCUT2D eigenvalue weighted by atomic mass is 10.1. The molecule has 1 aliphatic rings. The summed E-state index contributed by atoms with van der Waals surface area (Å²) in [7, 11) is 0. The molecule has 146 valence electrons. The molecule has 4 rings (SSSR count). The van der Waals surface area contributed by atoms with E-state index in [4.69, 9.17) is 0 Å². The van der Waals surface area contributed by atoms with Crippen LogP contribution in [0.4, 0.5) is 5.69 Å². The number of halogens is 1. The molecule has 0 aliphatic carbocycles. The zero-order chi connectivity index (χ0) is 20.7. The van der Waals surface area contributed by atoms with Gasteiger partial charge in [0.05, 0.1) is 28.2 Å². The molecule has 2 aromatic carbocycles. The Morgan fingerprint density at radius 3 is 2.21 bits per heavy atom. The number of amides is 1. The van der Waals surface area contributed by atoms with Gasteiger partial charge in [-0.05, 0) is 85.8 Å². The van der Waals surface area contributed by atoms with Crippen molar-refractivity contribution in [2.45, 2.75) is 20.8 Å². The van der Waals surface area contributed by atoms with Crippen LogP contribution in [0.2, 0.25) is 0 Å². The predicted molar refractivity (Wildman–Crippen MR) is 124 cm³/mol. The first kappa shape index (κ1) is 19.4. The highest BCUT2D eigenvalue weighted by Gasteiger charge is 2.29. The molecule has 29 heavy (non-hydrogen) atoms. The summed E-state index contributed by atoms with van der Waals surface area (Å²) < 4.78 is 2.57. The summed E-state index contributed by atoms with van der Waals surface area (Å²) in [6.45, 7) is 5.59. The van der Waals surface area contributed by atoms with Crippen molar-refractivity contribution in [1.29, 1.82) is 0 Å². The summed E-state index contributed by atoms with van der Waals surface area (Å²) in [4.78, 5) is 26.0. The summed E-state index contributed by atoms with van der Waals surface area (Å²) in [5, 5.41) is 8.86. The van der Waals surface area contributed by atoms with Gasteiger partial charge in [-0.25, -0.2) is 4.68 Å². The fourth-order valence-corrected chi connectivity index (χ4v) is 3.55. The molecule has 1 aliphatic heterocycles. The Morgan fingerprint density at radius 2 is 1.55 bits per heavy atom. The fraction of sp³-hybridized carbons (Fsp3) is 0.136. The standard InChI is InChI=1S/C22H19IN4O2/c1-13-4-8-17(9-5-13)26-21(28)19(14(2)24-26)12-20-15(3)25-27(22(20)29)18-10-6-16(23)7-11-18/h4-12,24H,1-3H3/b20-12-. The Kier molecular flexibility index (Phi) is 4.99. The van der Waals surface area contributed by atoms with Crippen molar-refractivity contribution in [3.05, 3.63) is 84.8 Å². The number of hydrogen-bond acceptors (Lipinski definition) is 3. The lowest BCUT2D eigenvalue weighted by molar-refractivity contribution is -0.114. The number of nitrogens with zero attached hydrogens (tertiary/aromatic N) is 3. The van der Waals surface area contributed by atoms with E-state index in [9.17, 15) is 9.59 Å². The maximum Gasteiger partial charge on any atom is 0.280 e. The van der Waals surface area contributed by atoms with Crippen LogP contribution in [0.25, 0.3) is 11.8 Å². The number of carbonyl (C=O) groups excluding carboxylic acids is 1. The van der Waals surface area contributed by atoms with E-state index in [0.717, 1.165) is 14.8 Å². The van der Waals surface area contributed by atoms with Gasteiger partial charge in [0.1, 0.15) is 0 Å². The first-order valence-electron chi connectivity index (χ1n) is 9.11. The Hall–Kier alpha value is -2.94. The highest BCUT2D eigenvalue weighted by atomic mass is 127. The van der Waals surface area contributed by atoms with E-state index in [2.05, 4.69) is 32.8 Å². The van der Waals surface area contributed by atoms with E-state index in [1.807, 2.05) is 62.4 Å². The first-order valence-corrected chi connectivity index (χ1v) is 10.2. The van der Waals surface area contributed by atoms with Gasteiger partial charge < -0.3 is 0 Å². The topological polar surface area (TPSA) is 70.5 Å². The highest BCUT2D eigenvalue weighted by Crippen LogP contribution is 2.25. The molecule has 0 fully saturated rings. The quantitative estimate of drug-likeness (QED) is 0.435. The number of hydrazone groups is 1. The van der Waals surface area contributed by atoms with Gasteiger partial charge in [-0.3, -0.25) is 14.7 Å². The largest absolute Gasteiger partial charge is 0.295 e. The molecule has 1 aromatic heterocycles. The molecular formula is C22H19IN4O2. The zero-order valence-corrected chi connectivity index (χ0v) is 18.4. The molecule has 0 bridgehead atoms. The molecule has 0 saturated carbocycles. The zero-order valence-electron chi connectivity index (χ0n) is 16.2. The number of H-pyrrole nitrogens is 1. The molecule has 6 nitrogen and oxygen atoms in total. The van der Waals surface area contributed by atoms with Gasteiger partial charge in [0, 0.05) is 9.26 Å². The number of benzene rings is 2. The van der Waals surface area contributed by atoms with Crippen LogP contribution < -0.4 is 10.6 Å². The van der Waals surface area contributed by atoms with Crippen LogP contribution in [0.1, 0.15) is 23.7 Å². The van der Waals surface area contributed by atoms with Crippen molar-refractivity contribution >= 4 is 46.0 Å². The van der Waals surface area contributed by atoms with Crippen molar-refractivity contribution < 1.29 is 4.79 Å². The lowest BCUT2D eigenvalue weighted by Crippen LogP contribution is -2.22. The summed E-state index contributed by atoms with van der Waals surface area (Å²) in [5.41, 5.74) is 4.50. The average molecular weight is 498 g/mol. The maximum atomic E-state index is 13.0.